The van der Waals surface area contributed by atoms with Crippen LogP contribution < -0.4 is 5.32 Å². The first-order valence-electron chi connectivity index (χ1n) is 7.20. The molecule has 2 aromatic rings. The molecule has 0 radical (unpaired) electrons. The summed E-state index contributed by atoms with van der Waals surface area (Å²) in [5.41, 5.74) is 2.63. The first-order chi connectivity index (χ1) is 9.72. The standard InChI is InChI=1S/C16H23N3S/c1-4-17-13(3)15-7-6-8-16(9-15)20-12-14-10-18-19(5-2)11-14/h6-11,13,17H,4-5,12H2,1-3H3. The van der Waals surface area contributed by atoms with Gasteiger partial charge in [-0.1, -0.05) is 19.1 Å². The third-order valence-corrected chi connectivity index (χ3v) is 4.35. The quantitative estimate of drug-likeness (QED) is 0.785. The number of nitrogens with zero attached hydrogens (tertiary/aromatic N) is 2. The van der Waals surface area contributed by atoms with E-state index in [1.165, 1.54) is 16.0 Å². The molecule has 1 atom stereocenters. The molecule has 1 aromatic heterocycles. The zero-order valence-electron chi connectivity index (χ0n) is 12.5. The van der Waals surface area contributed by atoms with Crippen LogP contribution in [0.2, 0.25) is 0 Å². The van der Waals surface area contributed by atoms with E-state index in [4.69, 9.17) is 0 Å². The van der Waals surface area contributed by atoms with Crippen LogP contribution >= 0.6 is 11.8 Å². The first kappa shape index (κ1) is 15.1. The summed E-state index contributed by atoms with van der Waals surface area (Å²) >= 11 is 1.87. The number of hydrogen-bond acceptors (Lipinski definition) is 3. The van der Waals surface area contributed by atoms with Gasteiger partial charge in [0.25, 0.3) is 0 Å². The molecule has 0 aliphatic rings. The SMILES string of the molecule is CCNC(C)c1cccc(SCc2cnn(CC)c2)c1. The van der Waals surface area contributed by atoms with Crippen LogP contribution in [0.5, 0.6) is 0 Å². The zero-order chi connectivity index (χ0) is 14.4. The Morgan fingerprint density at radius 2 is 2.20 bits per heavy atom. The summed E-state index contributed by atoms with van der Waals surface area (Å²) in [6.45, 7) is 8.38. The summed E-state index contributed by atoms with van der Waals surface area (Å²) in [6, 6.07) is 9.19. The summed E-state index contributed by atoms with van der Waals surface area (Å²) < 4.78 is 1.97. The number of hydrogen-bond donors (Lipinski definition) is 1. The highest BCUT2D eigenvalue weighted by Gasteiger charge is 2.05. The Bertz CT molecular complexity index is 536. The fourth-order valence-electron chi connectivity index (χ4n) is 2.12. The van der Waals surface area contributed by atoms with Crippen LogP contribution in [-0.2, 0) is 12.3 Å². The fourth-order valence-corrected chi connectivity index (χ4v) is 2.99. The van der Waals surface area contributed by atoms with Crippen molar-refractivity contribution in [1.29, 1.82) is 0 Å². The second kappa shape index (κ2) is 7.50. The van der Waals surface area contributed by atoms with Crippen molar-refractivity contribution in [3.8, 4) is 0 Å². The maximum absolute atomic E-state index is 4.31. The van der Waals surface area contributed by atoms with Gasteiger partial charge in [0.2, 0.25) is 0 Å². The van der Waals surface area contributed by atoms with E-state index in [1.807, 2.05) is 22.6 Å². The number of aromatic nitrogens is 2. The molecule has 3 nitrogen and oxygen atoms in total. The lowest BCUT2D eigenvalue weighted by atomic mass is 10.1. The van der Waals surface area contributed by atoms with Gasteiger partial charge in [0.15, 0.2) is 0 Å². The molecule has 108 valence electrons. The molecule has 1 unspecified atom stereocenters. The molecule has 0 saturated carbocycles. The Hall–Kier alpha value is -1.26. The number of thioether (sulfide) groups is 1. The van der Waals surface area contributed by atoms with Crippen molar-refractivity contribution in [3.05, 3.63) is 47.8 Å². The van der Waals surface area contributed by atoms with Gasteiger partial charge in [-0.25, -0.2) is 0 Å². The highest BCUT2D eigenvalue weighted by Crippen LogP contribution is 2.25. The predicted molar refractivity (Wildman–Crippen MR) is 86.0 cm³/mol. The first-order valence-corrected chi connectivity index (χ1v) is 8.19. The lowest BCUT2D eigenvalue weighted by Crippen LogP contribution is -2.17. The average Bonchev–Trinajstić information content (AvgIpc) is 2.94. The Labute approximate surface area is 125 Å². The Balaban J connectivity index is 1.97. The molecule has 0 saturated heterocycles. The van der Waals surface area contributed by atoms with Gasteiger partial charge >= 0.3 is 0 Å². The highest BCUT2D eigenvalue weighted by molar-refractivity contribution is 7.98. The van der Waals surface area contributed by atoms with Crippen LogP contribution in [-0.4, -0.2) is 16.3 Å². The fraction of sp³-hybridized carbons (Fsp3) is 0.438. The van der Waals surface area contributed by atoms with Crippen LogP contribution in [0.25, 0.3) is 0 Å². The van der Waals surface area contributed by atoms with Crippen molar-refractivity contribution < 1.29 is 0 Å². The van der Waals surface area contributed by atoms with E-state index in [2.05, 4.69) is 61.6 Å². The topological polar surface area (TPSA) is 29.9 Å². The van der Waals surface area contributed by atoms with Crippen LogP contribution in [0.1, 0.15) is 37.9 Å². The molecule has 0 aliphatic carbocycles. The lowest BCUT2D eigenvalue weighted by molar-refractivity contribution is 0.597. The molecule has 0 bridgehead atoms. The molecule has 4 heteroatoms. The lowest BCUT2D eigenvalue weighted by Gasteiger charge is -2.13. The van der Waals surface area contributed by atoms with E-state index < -0.39 is 0 Å². The summed E-state index contributed by atoms with van der Waals surface area (Å²) in [5, 5.41) is 7.76. The predicted octanol–water partition coefficient (Wildman–Crippen LogP) is 3.87. The summed E-state index contributed by atoms with van der Waals surface area (Å²) in [5.74, 6) is 0.971. The van der Waals surface area contributed by atoms with E-state index in [1.54, 1.807) is 0 Å². The molecular formula is C16H23N3S. The second-order valence-corrected chi connectivity index (χ2v) is 5.89. The van der Waals surface area contributed by atoms with Crippen LogP contribution in [0.3, 0.4) is 0 Å². The Kier molecular flexibility index (Phi) is 5.68. The number of aryl methyl sites for hydroxylation is 1. The van der Waals surface area contributed by atoms with E-state index in [9.17, 15) is 0 Å². The van der Waals surface area contributed by atoms with Crippen LogP contribution in [0, 0.1) is 0 Å². The average molecular weight is 289 g/mol. The molecule has 1 heterocycles. The van der Waals surface area contributed by atoms with Crippen LogP contribution in [0.4, 0.5) is 0 Å². The molecular weight excluding hydrogens is 266 g/mol. The normalized spacial score (nSPS) is 12.6. The van der Waals surface area contributed by atoms with Gasteiger partial charge in [0.05, 0.1) is 6.20 Å². The van der Waals surface area contributed by atoms with Gasteiger partial charge in [0, 0.05) is 35.0 Å². The van der Waals surface area contributed by atoms with Crippen molar-refractivity contribution >= 4 is 11.8 Å². The van der Waals surface area contributed by atoms with E-state index >= 15 is 0 Å². The van der Waals surface area contributed by atoms with Crippen molar-refractivity contribution in [2.24, 2.45) is 0 Å². The van der Waals surface area contributed by atoms with Crippen molar-refractivity contribution in [1.82, 2.24) is 15.1 Å². The van der Waals surface area contributed by atoms with Gasteiger partial charge in [-0.15, -0.1) is 11.8 Å². The second-order valence-electron chi connectivity index (χ2n) is 4.84. The maximum Gasteiger partial charge on any atom is 0.0530 e. The van der Waals surface area contributed by atoms with Gasteiger partial charge in [0.1, 0.15) is 0 Å². The van der Waals surface area contributed by atoms with E-state index in [-0.39, 0.29) is 0 Å². The van der Waals surface area contributed by atoms with Crippen molar-refractivity contribution in [2.75, 3.05) is 6.54 Å². The monoisotopic (exact) mass is 289 g/mol. The molecule has 1 N–H and O–H groups in total. The zero-order valence-corrected chi connectivity index (χ0v) is 13.3. The molecule has 0 spiro atoms. The molecule has 0 fully saturated rings. The number of benzene rings is 1. The Morgan fingerprint density at radius 3 is 2.90 bits per heavy atom. The van der Waals surface area contributed by atoms with Gasteiger partial charge < -0.3 is 5.32 Å². The molecule has 0 amide bonds. The van der Waals surface area contributed by atoms with E-state index in [0.717, 1.165) is 18.8 Å². The minimum absolute atomic E-state index is 0.406. The molecule has 20 heavy (non-hydrogen) atoms. The van der Waals surface area contributed by atoms with Crippen LogP contribution in [0.15, 0.2) is 41.6 Å². The van der Waals surface area contributed by atoms with Gasteiger partial charge in [-0.3, -0.25) is 4.68 Å². The van der Waals surface area contributed by atoms with Gasteiger partial charge in [-0.05, 0) is 38.1 Å². The molecule has 0 aliphatic heterocycles. The smallest absolute Gasteiger partial charge is 0.0530 e. The minimum atomic E-state index is 0.406. The third kappa shape index (κ3) is 4.12. The largest absolute Gasteiger partial charge is 0.310 e. The van der Waals surface area contributed by atoms with Gasteiger partial charge in [-0.2, -0.15) is 5.10 Å². The summed E-state index contributed by atoms with van der Waals surface area (Å²) in [6.07, 6.45) is 4.08. The molecule has 2 rings (SSSR count). The number of rotatable bonds is 7. The summed E-state index contributed by atoms with van der Waals surface area (Å²) in [7, 11) is 0. The Morgan fingerprint density at radius 1 is 1.35 bits per heavy atom. The highest BCUT2D eigenvalue weighted by atomic mass is 32.2. The van der Waals surface area contributed by atoms with E-state index in [0.29, 0.717) is 6.04 Å². The summed E-state index contributed by atoms with van der Waals surface area (Å²) in [4.78, 5) is 1.32. The maximum atomic E-state index is 4.31. The minimum Gasteiger partial charge on any atom is -0.310 e. The third-order valence-electron chi connectivity index (χ3n) is 3.28. The number of nitrogens with one attached hydrogen (secondary N) is 1. The van der Waals surface area contributed by atoms with Crippen molar-refractivity contribution in [2.45, 2.75) is 44.0 Å². The molecule has 1 aromatic carbocycles. The van der Waals surface area contributed by atoms with Crippen molar-refractivity contribution in [3.63, 3.8) is 0 Å².